The minimum atomic E-state index is -0.268. The van der Waals surface area contributed by atoms with Crippen molar-refractivity contribution in [1.29, 1.82) is 0 Å². The van der Waals surface area contributed by atoms with Crippen LogP contribution in [0.1, 0.15) is 22.7 Å². The number of hydrazine groups is 1. The second-order valence-corrected chi connectivity index (χ2v) is 5.85. The van der Waals surface area contributed by atoms with E-state index in [1.807, 2.05) is 43.3 Å². The minimum absolute atomic E-state index is 0.268. The van der Waals surface area contributed by atoms with Crippen molar-refractivity contribution in [3.05, 3.63) is 67.6 Å². The third-order valence-corrected chi connectivity index (χ3v) is 4.53. The third-order valence-electron chi connectivity index (χ3n) is 2.99. The summed E-state index contributed by atoms with van der Waals surface area (Å²) in [6.07, 6.45) is 0. The molecule has 100 valence electrons. The fraction of sp³-hybridized carbons (Fsp3) is 0.143. The Bertz CT molecular complexity index is 582. The summed E-state index contributed by atoms with van der Waals surface area (Å²) in [5.74, 6) is 5.71. The number of nitrogens with two attached hydrogens (primary N) is 1. The Morgan fingerprint density at radius 1 is 1.16 bits per heavy atom. The molecule has 0 amide bonds. The molecule has 0 aliphatic heterocycles. The van der Waals surface area contributed by atoms with Gasteiger partial charge in [0.1, 0.15) is 0 Å². The first-order chi connectivity index (χ1) is 9.06. The smallest absolute Gasteiger partial charge is 0.0750 e. The van der Waals surface area contributed by atoms with Crippen LogP contribution in [-0.2, 0) is 0 Å². The van der Waals surface area contributed by atoms with Gasteiger partial charge in [-0.15, -0.1) is 0 Å². The molecule has 1 unspecified atom stereocenters. The van der Waals surface area contributed by atoms with E-state index in [0.717, 1.165) is 21.2 Å². The van der Waals surface area contributed by atoms with E-state index >= 15 is 0 Å². The molecule has 0 spiro atoms. The molecular formula is C14H13BrCl2N2. The number of rotatable bonds is 3. The van der Waals surface area contributed by atoms with E-state index in [2.05, 4.69) is 21.4 Å². The van der Waals surface area contributed by atoms with E-state index in [-0.39, 0.29) is 6.04 Å². The molecule has 0 saturated heterocycles. The number of nitrogens with one attached hydrogen (secondary N) is 1. The van der Waals surface area contributed by atoms with Gasteiger partial charge in [0.15, 0.2) is 0 Å². The Morgan fingerprint density at radius 2 is 1.84 bits per heavy atom. The highest BCUT2D eigenvalue weighted by atomic mass is 79.9. The molecule has 2 nitrogen and oxygen atoms in total. The molecule has 1 atom stereocenters. The van der Waals surface area contributed by atoms with Crippen molar-refractivity contribution in [2.24, 2.45) is 5.84 Å². The molecule has 0 heterocycles. The van der Waals surface area contributed by atoms with Crippen molar-refractivity contribution in [2.45, 2.75) is 13.0 Å². The van der Waals surface area contributed by atoms with Gasteiger partial charge in [-0.05, 0) is 30.2 Å². The maximum Gasteiger partial charge on any atom is 0.0750 e. The van der Waals surface area contributed by atoms with Gasteiger partial charge in [-0.25, -0.2) is 5.43 Å². The van der Waals surface area contributed by atoms with Gasteiger partial charge in [0.25, 0.3) is 0 Å². The van der Waals surface area contributed by atoms with Gasteiger partial charge in [-0.3, -0.25) is 5.84 Å². The van der Waals surface area contributed by atoms with E-state index in [0.29, 0.717) is 10.0 Å². The first-order valence-corrected chi connectivity index (χ1v) is 7.26. The molecule has 0 saturated carbocycles. The van der Waals surface area contributed by atoms with Crippen LogP contribution in [0.15, 0.2) is 40.9 Å². The Labute approximate surface area is 131 Å². The Balaban J connectivity index is 2.60. The zero-order valence-electron chi connectivity index (χ0n) is 10.3. The molecular weight excluding hydrogens is 347 g/mol. The molecule has 0 aromatic heterocycles. The zero-order chi connectivity index (χ0) is 14.0. The minimum Gasteiger partial charge on any atom is -0.271 e. The van der Waals surface area contributed by atoms with Crippen LogP contribution in [0.25, 0.3) is 0 Å². The van der Waals surface area contributed by atoms with Crippen LogP contribution in [0.2, 0.25) is 10.0 Å². The highest BCUT2D eigenvalue weighted by Crippen LogP contribution is 2.37. The molecule has 3 N–H and O–H groups in total. The molecule has 0 radical (unpaired) electrons. The maximum absolute atomic E-state index is 6.37. The average Bonchev–Trinajstić information content (AvgIpc) is 2.38. The SMILES string of the molecule is Cc1cccc(C(NN)c2c(Cl)cccc2Br)c1Cl. The van der Waals surface area contributed by atoms with Gasteiger partial charge in [-0.1, -0.05) is 63.4 Å². The topological polar surface area (TPSA) is 38.0 Å². The summed E-state index contributed by atoms with van der Waals surface area (Å²) in [6, 6.07) is 11.2. The Kier molecular flexibility index (Phi) is 4.87. The average molecular weight is 360 g/mol. The second-order valence-electron chi connectivity index (χ2n) is 4.21. The summed E-state index contributed by atoms with van der Waals surface area (Å²) in [4.78, 5) is 0. The van der Waals surface area contributed by atoms with E-state index in [1.54, 1.807) is 0 Å². The Hall–Kier alpha value is -0.580. The Morgan fingerprint density at radius 3 is 2.47 bits per heavy atom. The highest BCUT2D eigenvalue weighted by molar-refractivity contribution is 9.10. The van der Waals surface area contributed by atoms with E-state index in [1.165, 1.54) is 0 Å². The molecule has 2 rings (SSSR count). The predicted molar refractivity (Wildman–Crippen MR) is 84.5 cm³/mol. The van der Waals surface area contributed by atoms with Crippen molar-refractivity contribution < 1.29 is 0 Å². The van der Waals surface area contributed by atoms with Gasteiger partial charge in [-0.2, -0.15) is 0 Å². The second kappa shape index (κ2) is 6.25. The van der Waals surface area contributed by atoms with Crippen LogP contribution in [0, 0.1) is 6.92 Å². The molecule has 0 aliphatic rings. The normalized spacial score (nSPS) is 12.5. The fourth-order valence-electron chi connectivity index (χ4n) is 2.01. The molecule has 2 aromatic carbocycles. The molecule has 2 aromatic rings. The van der Waals surface area contributed by atoms with Gasteiger partial charge in [0.05, 0.1) is 6.04 Å². The summed E-state index contributed by atoms with van der Waals surface area (Å²) >= 11 is 16.1. The van der Waals surface area contributed by atoms with Crippen LogP contribution in [0.3, 0.4) is 0 Å². The number of hydrogen-bond donors (Lipinski definition) is 2. The summed E-state index contributed by atoms with van der Waals surface area (Å²) in [6.45, 7) is 1.96. The maximum atomic E-state index is 6.37. The van der Waals surface area contributed by atoms with Crippen molar-refractivity contribution in [1.82, 2.24) is 5.43 Å². The number of aryl methyl sites for hydroxylation is 1. The van der Waals surface area contributed by atoms with Crippen molar-refractivity contribution >= 4 is 39.1 Å². The molecule has 5 heteroatoms. The summed E-state index contributed by atoms with van der Waals surface area (Å²) in [7, 11) is 0. The summed E-state index contributed by atoms with van der Waals surface area (Å²) in [5, 5.41) is 1.33. The lowest BCUT2D eigenvalue weighted by molar-refractivity contribution is 0.634. The summed E-state index contributed by atoms with van der Waals surface area (Å²) in [5.41, 5.74) is 5.56. The van der Waals surface area contributed by atoms with Gasteiger partial charge < -0.3 is 0 Å². The number of halogens is 3. The first kappa shape index (κ1) is 14.8. The standard InChI is InChI=1S/C14H13BrCl2N2/c1-8-4-2-5-9(13(8)17)14(19-18)12-10(15)6-3-7-11(12)16/h2-7,14,19H,18H2,1H3. The lowest BCUT2D eigenvalue weighted by Gasteiger charge is -2.21. The molecule has 0 fully saturated rings. The lowest BCUT2D eigenvalue weighted by atomic mass is 9.97. The number of benzene rings is 2. The molecule has 0 aliphatic carbocycles. The van der Waals surface area contributed by atoms with E-state index in [4.69, 9.17) is 29.0 Å². The van der Waals surface area contributed by atoms with Gasteiger partial charge >= 0.3 is 0 Å². The largest absolute Gasteiger partial charge is 0.271 e. The zero-order valence-corrected chi connectivity index (χ0v) is 13.4. The monoisotopic (exact) mass is 358 g/mol. The van der Waals surface area contributed by atoms with Crippen molar-refractivity contribution in [3.8, 4) is 0 Å². The summed E-state index contributed by atoms with van der Waals surface area (Å²) < 4.78 is 0.889. The fourth-order valence-corrected chi connectivity index (χ4v) is 3.24. The number of hydrogen-bond acceptors (Lipinski definition) is 2. The van der Waals surface area contributed by atoms with Crippen LogP contribution in [0.5, 0.6) is 0 Å². The van der Waals surface area contributed by atoms with Crippen molar-refractivity contribution in [3.63, 3.8) is 0 Å². The highest BCUT2D eigenvalue weighted by Gasteiger charge is 2.21. The van der Waals surface area contributed by atoms with Gasteiger partial charge in [0, 0.05) is 20.1 Å². The van der Waals surface area contributed by atoms with E-state index < -0.39 is 0 Å². The molecule has 0 bridgehead atoms. The first-order valence-electron chi connectivity index (χ1n) is 5.71. The van der Waals surface area contributed by atoms with Crippen LogP contribution in [0.4, 0.5) is 0 Å². The van der Waals surface area contributed by atoms with Crippen LogP contribution >= 0.6 is 39.1 Å². The molecule has 19 heavy (non-hydrogen) atoms. The van der Waals surface area contributed by atoms with E-state index in [9.17, 15) is 0 Å². The quantitative estimate of drug-likeness (QED) is 0.620. The van der Waals surface area contributed by atoms with Crippen LogP contribution in [-0.4, -0.2) is 0 Å². The third kappa shape index (κ3) is 2.96. The van der Waals surface area contributed by atoms with Crippen LogP contribution < -0.4 is 11.3 Å². The van der Waals surface area contributed by atoms with Gasteiger partial charge in [0.2, 0.25) is 0 Å². The predicted octanol–water partition coefficient (Wildman–Crippen LogP) is 4.62. The van der Waals surface area contributed by atoms with Crippen molar-refractivity contribution in [2.75, 3.05) is 0 Å². The lowest BCUT2D eigenvalue weighted by Crippen LogP contribution is -2.29.